The number of nitrogens with zero attached hydrogens (tertiary/aromatic N) is 3. The van der Waals surface area contributed by atoms with E-state index in [1.165, 1.54) is 11.3 Å². The second-order valence-electron chi connectivity index (χ2n) is 6.35. The lowest BCUT2D eigenvalue weighted by atomic mass is 10.1. The largest absolute Gasteiger partial charge is 0.346 e. The molecule has 1 aromatic heterocycles. The van der Waals surface area contributed by atoms with E-state index in [1.54, 1.807) is 4.90 Å². The predicted octanol–water partition coefficient (Wildman–Crippen LogP) is 3.09. The molecule has 0 bridgehead atoms. The Balaban J connectivity index is 1.74. The Hall–Kier alpha value is -2.21. The van der Waals surface area contributed by atoms with E-state index in [4.69, 9.17) is 0 Å². The average molecular weight is 341 g/mol. The van der Waals surface area contributed by atoms with E-state index < -0.39 is 0 Å². The molecule has 6 heteroatoms. The molecule has 124 valence electrons. The first kappa shape index (κ1) is 15.3. The molecule has 24 heavy (non-hydrogen) atoms. The van der Waals surface area contributed by atoms with E-state index in [9.17, 15) is 9.59 Å². The van der Waals surface area contributed by atoms with Crippen molar-refractivity contribution < 1.29 is 9.59 Å². The Labute approximate surface area is 144 Å². The Kier molecular flexibility index (Phi) is 3.84. The summed E-state index contributed by atoms with van der Waals surface area (Å²) < 4.78 is 1.96. The second kappa shape index (κ2) is 6.02. The molecular weight excluding hydrogens is 322 g/mol. The minimum Gasteiger partial charge on any atom is -0.323 e. The molecule has 2 amide bonds. The third-order valence-electron chi connectivity index (χ3n) is 4.63. The first-order valence-electron chi connectivity index (χ1n) is 8.31. The molecule has 4 rings (SSSR count). The molecule has 1 aromatic carbocycles. The van der Waals surface area contributed by atoms with Crippen molar-refractivity contribution in [1.29, 1.82) is 0 Å². The Morgan fingerprint density at radius 1 is 1.21 bits per heavy atom. The number of rotatable bonds is 1. The third kappa shape index (κ3) is 2.71. The standard InChI is InChI=1S/C18H19N3O2S/c1-12-11-21(14-5-6-15-13(10-14)4-7-16(15)22)18(24-12)19-17(23)20-8-2-3-9-20/h5-6,10-11H,2-4,7-9H2,1H3/b19-18-. The van der Waals surface area contributed by atoms with Crippen molar-refractivity contribution in [3.63, 3.8) is 0 Å². The number of thiazole rings is 1. The maximum atomic E-state index is 12.3. The molecule has 0 unspecified atom stereocenters. The zero-order chi connectivity index (χ0) is 16.7. The molecule has 2 heterocycles. The quantitative estimate of drug-likeness (QED) is 0.800. The number of aryl methyl sites for hydroxylation is 2. The number of hydrogen-bond acceptors (Lipinski definition) is 3. The van der Waals surface area contributed by atoms with Crippen molar-refractivity contribution in [2.24, 2.45) is 4.99 Å². The molecule has 5 nitrogen and oxygen atoms in total. The first-order valence-corrected chi connectivity index (χ1v) is 9.13. The first-order chi connectivity index (χ1) is 11.6. The minimum atomic E-state index is -0.153. The number of amides is 2. The third-order valence-corrected chi connectivity index (χ3v) is 5.52. The molecule has 1 fully saturated rings. The van der Waals surface area contributed by atoms with Gasteiger partial charge in [-0.2, -0.15) is 4.99 Å². The van der Waals surface area contributed by atoms with Crippen LogP contribution in [-0.4, -0.2) is 34.4 Å². The molecule has 0 saturated carbocycles. The van der Waals surface area contributed by atoms with Crippen LogP contribution in [0, 0.1) is 6.92 Å². The topological polar surface area (TPSA) is 54.7 Å². The SMILES string of the molecule is Cc1cn(-c2ccc3c(c2)CCC3=O)/c(=N/C(=O)N2CCCC2)s1. The second-order valence-corrected chi connectivity index (χ2v) is 7.56. The number of hydrogen-bond donors (Lipinski definition) is 0. The molecule has 0 atom stereocenters. The molecule has 1 saturated heterocycles. The fraction of sp³-hybridized carbons (Fsp3) is 0.389. The highest BCUT2D eigenvalue weighted by molar-refractivity contribution is 7.09. The van der Waals surface area contributed by atoms with Gasteiger partial charge in [0.1, 0.15) is 0 Å². The summed E-state index contributed by atoms with van der Waals surface area (Å²) in [5, 5.41) is 0. The van der Waals surface area contributed by atoms with E-state index in [-0.39, 0.29) is 11.8 Å². The highest BCUT2D eigenvalue weighted by Crippen LogP contribution is 2.24. The number of aromatic nitrogens is 1. The number of urea groups is 1. The molecule has 1 aliphatic heterocycles. The summed E-state index contributed by atoms with van der Waals surface area (Å²) in [7, 11) is 0. The summed E-state index contributed by atoms with van der Waals surface area (Å²) in [4.78, 5) is 32.1. The van der Waals surface area contributed by atoms with Gasteiger partial charge >= 0.3 is 6.03 Å². The van der Waals surface area contributed by atoms with Crippen molar-refractivity contribution in [2.45, 2.75) is 32.6 Å². The smallest absolute Gasteiger partial charge is 0.323 e. The highest BCUT2D eigenvalue weighted by atomic mass is 32.1. The Morgan fingerprint density at radius 2 is 2.00 bits per heavy atom. The van der Waals surface area contributed by atoms with Gasteiger partial charge in [0.15, 0.2) is 10.6 Å². The maximum Gasteiger partial charge on any atom is 0.346 e. The van der Waals surface area contributed by atoms with Crippen molar-refractivity contribution in [3.8, 4) is 5.69 Å². The molecule has 2 aromatic rings. The van der Waals surface area contributed by atoms with Crippen molar-refractivity contribution in [3.05, 3.63) is 45.2 Å². The lowest BCUT2D eigenvalue weighted by Crippen LogP contribution is -2.27. The number of Topliss-reactive ketones (excluding diaryl/α,β-unsaturated/α-hetero) is 1. The van der Waals surface area contributed by atoms with Gasteiger partial charge in [-0.1, -0.05) is 0 Å². The molecule has 0 spiro atoms. The fourth-order valence-corrected chi connectivity index (χ4v) is 4.20. The number of carbonyl (C=O) groups excluding carboxylic acids is 2. The van der Waals surface area contributed by atoms with Crippen LogP contribution in [0.4, 0.5) is 4.79 Å². The number of fused-ring (bicyclic) bond motifs is 1. The van der Waals surface area contributed by atoms with Gasteiger partial charge in [0.2, 0.25) is 0 Å². The summed E-state index contributed by atoms with van der Waals surface area (Å²) in [6.45, 7) is 3.61. The van der Waals surface area contributed by atoms with Crippen LogP contribution < -0.4 is 4.80 Å². The summed E-state index contributed by atoms with van der Waals surface area (Å²) >= 11 is 1.51. The Morgan fingerprint density at radius 3 is 2.79 bits per heavy atom. The fourth-order valence-electron chi connectivity index (χ4n) is 3.37. The van der Waals surface area contributed by atoms with Crippen molar-refractivity contribution >= 4 is 23.2 Å². The van der Waals surface area contributed by atoms with E-state index in [2.05, 4.69) is 4.99 Å². The molecule has 0 N–H and O–H groups in total. The monoisotopic (exact) mass is 341 g/mol. The molecule has 2 aliphatic rings. The minimum absolute atomic E-state index is 0.153. The summed E-state index contributed by atoms with van der Waals surface area (Å²) in [6.07, 6.45) is 5.51. The van der Waals surface area contributed by atoms with Crippen LogP contribution >= 0.6 is 11.3 Å². The van der Waals surface area contributed by atoms with Gasteiger partial charge in [-0.3, -0.25) is 9.36 Å². The van der Waals surface area contributed by atoms with Crippen LogP contribution in [-0.2, 0) is 6.42 Å². The predicted molar refractivity (Wildman–Crippen MR) is 92.8 cm³/mol. The number of benzene rings is 1. The van der Waals surface area contributed by atoms with Crippen LogP contribution in [0.2, 0.25) is 0 Å². The van der Waals surface area contributed by atoms with Crippen LogP contribution in [0.1, 0.15) is 40.1 Å². The van der Waals surface area contributed by atoms with Crippen molar-refractivity contribution in [1.82, 2.24) is 9.47 Å². The Bertz CT molecular complexity index is 888. The highest BCUT2D eigenvalue weighted by Gasteiger charge is 2.20. The molecule has 1 aliphatic carbocycles. The zero-order valence-corrected chi connectivity index (χ0v) is 14.4. The summed E-state index contributed by atoms with van der Waals surface area (Å²) in [5.41, 5.74) is 2.88. The van der Waals surface area contributed by atoms with Crippen LogP contribution in [0.15, 0.2) is 29.4 Å². The van der Waals surface area contributed by atoms with Gasteiger partial charge in [-0.25, -0.2) is 4.79 Å². The summed E-state index contributed by atoms with van der Waals surface area (Å²) in [6, 6.07) is 5.73. The number of likely N-dealkylation sites (tertiary alicyclic amines) is 1. The van der Waals surface area contributed by atoms with Gasteiger partial charge < -0.3 is 4.90 Å². The lowest BCUT2D eigenvalue weighted by molar-refractivity contribution is 0.0994. The van der Waals surface area contributed by atoms with Crippen LogP contribution in [0.3, 0.4) is 0 Å². The summed E-state index contributed by atoms with van der Waals surface area (Å²) in [5.74, 6) is 0.220. The van der Waals surface area contributed by atoms with E-state index in [1.807, 2.05) is 35.9 Å². The van der Waals surface area contributed by atoms with Crippen LogP contribution in [0.25, 0.3) is 5.69 Å². The van der Waals surface area contributed by atoms with Gasteiger partial charge in [0.05, 0.1) is 0 Å². The maximum absolute atomic E-state index is 12.3. The van der Waals surface area contributed by atoms with Gasteiger partial charge in [0.25, 0.3) is 0 Å². The van der Waals surface area contributed by atoms with Crippen molar-refractivity contribution in [2.75, 3.05) is 13.1 Å². The molecular formula is C18H19N3O2S. The van der Waals surface area contributed by atoms with E-state index in [0.717, 1.165) is 54.0 Å². The normalized spacial score (nSPS) is 17.6. The van der Waals surface area contributed by atoms with Crippen LogP contribution in [0.5, 0.6) is 0 Å². The number of ketones is 1. The van der Waals surface area contributed by atoms with E-state index >= 15 is 0 Å². The van der Waals surface area contributed by atoms with Gasteiger partial charge in [0, 0.05) is 41.8 Å². The molecule has 0 radical (unpaired) electrons. The van der Waals surface area contributed by atoms with Gasteiger partial charge in [-0.05, 0) is 49.9 Å². The lowest BCUT2D eigenvalue weighted by Gasteiger charge is -2.11. The van der Waals surface area contributed by atoms with Gasteiger partial charge in [-0.15, -0.1) is 11.3 Å². The van der Waals surface area contributed by atoms with E-state index in [0.29, 0.717) is 11.2 Å². The average Bonchev–Trinajstić information content (AvgIpc) is 3.28. The number of carbonyl (C=O) groups is 2. The zero-order valence-electron chi connectivity index (χ0n) is 13.6.